The summed E-state index contributed by atoms with van der Waals surface area (Å²) in [6.07, 6.45) is 5.97. The minimum absolute atomic E-state index is 0.189. The Kier molecular flexibility index (Phi) is 4.29. The third-order valence-corrected chi connectivity index (χ3v) is 5.09. The van der Waals surface area contributed by atoms with E-state index in [4.69, 9.17) is 9.72 Å². The molecule has 2 aromatic rings. The molecule has 1 N–H and O–H groups in total. The van der Waals surface area contributed by atoms with Gasteiger partial charge in [-0.05, 0) is 38.5 Å². The van der Waals surface area contributed by atoms with Crippen LogP contribution in [0.3, 0.4) is 0 Å². The lowest BCUT2D eigenvalue weighted by Crippen LogP contribution is -2.16. The number of aryl methyl sites for hydroxylation is 2. The zero-order chi connectivity index (χ0) is 17.4. The monoisotopic (exact) mass is 345 g/mol. The number of aliphatic carboxylic acids is 1. The van der Waals surface area contributed by atoms with Crippen LogP contribution in [0.1, 0.15) is 48.7 Å². The number of carboxylic acid groups (broad SMARTS) is 1. The molecule has 1 fully saturated rings. The molecule has 0 bridgehead atoms. The number of nitrogens with zero attached hydrogens (tertiary/aromatic N) is 5. The van der Waals surface area contributed by atoms with Gasteiger partial charge >= 0.3 is 5.97 Å². The Balaban J connectivity index is 1.78. The first-order chi connectivity index (χ1) is 12.1. The maximum atomic E-state index is 11.3. The Morgan fingerprint density at radius 3 is 2.76 bits per heavy atom. The molecule has 1 saturated heterocycles. The molecule has 0 unspecified atom stereocenters. The average Bonchev–Trinajstić information content (AvgIpc) is 3.15. The van der Waals surface area contributed by atoms with E-state index < -0.39 is 5.97 Å². The van der Waals surface area contributed by atoms with Crippen LogP contribution in [-0.4, -0.2) is 48.8 Å². The number of hydrogen-bond donors (Lipinski definition) is 1. The van der Waals surface area contributed by atoms with E-state index in [2.05, 4.69) is 10.2 Å². The van der Waals surface area contributed by atoms with Crippen molar-refractivity contribution in [2.24, 2.45) is 7.05 Å². The Bertz CT molecular complexity index is 789. The van der Waals surface area contributed by atoms with Gasteiger partial charge in [-0.3, -0.25) is 9.48 Å². The lowest BCUT2D eigenvalue weighted by Gasteiger charge is -2.18. The van der Waals surface area contributed by atoms with Crippen LogP contribution in [0.2, 0.25) is 0 Å². The zero-order valence-electron chi connectivity index (χ0n) is 14.4. The van der Waals surface area contributed by atoms with Crippen LogP contribution in [0.15, 0.2) is 0 Å². The Morgan fingerprint density at radius 2 is 2.00 bits per heavy atom. The molecule has 2 aromatic heterocycles. The molecule has 0 aromatic carbocycles. The summed E-state index contributed by atoms with van der Waals surface area (Å²) >= 11 is 0. The van der Waals surface area contributed by atoms with Gasteiger partial charge in [0, 0.05) is 31.7 Å². The number of rotatable bonds is 4. The number of hydrogen-bond acceptors (Lipinski definition) is 5. The highest BCUT2D eigenvalue weighted by molar-refractivity contribution is 5.68. The predicted molar refractivity (Wildman–Crippen MR) is 89.3 cm³/mol. The third-order valence-electron chi connectivity index (χ3n) is 5.09. The molecule has 1 aliphatic carbocycles. The number of carboxylic acids is 1. The Morgan fingerprint density at radius 1 is 1.24 bits per heavy atom. The third kappa shape index (κ3) is 3.06. The lowest BCUT2D eigenvalue weighted by atomic mass is 9.95. The quantitative estimate of drug-likeness (QED) is 0.903. The van der Waals surface area contributed by atoms with Crippen molar-refractivity contribution in [3.8, 4) is 11.5 Å². The van der Waals surface area contributed by atoms with Crippen molar-refractivity contribution in [1.29, 1.82) is 0 Å². The number of aromatic nitrogens is 5. The van der Waals surface area contributed by atoms with Gasteiger partial charge in [0.15, 0.2) is 11.6 Å². The summed E-state index contributed by atoms with van der Waals surface area (Å²) in [7, 11) is 1.90. The highest BCUT2D eigenvalue weighted by Crippen LogP contribution is 2.32. The van der Waals surface area contributed by atoms with Gasteiger partial charge in [0.25, 0.3) is 0 Å². The van der Waals surface area contributed by atoms with Crippen LogP contribution in [-0.2, 0) is 36.0 Å². The van der Waals surface area contributed by atoms with Crippen molar-refractivity contribution in [2.75, 3.05) is 13.2 Å². The minimum atomic E-state index is -0.916. The molecule has 8 nitrogen and oxygen atoms in total. The van der Waals surface area contributed by atoms with E-state index in [-0.39, 0.29) is 12.5 Å². The van der Waals surface area contributed by atoms with Crippen molar-refractivity contribution >= 4 is 5.97 Å². The molecule has 134 valence electrons. The first-order valence-electron chi connectivity index (χ1n) is 8.93. The van der Waals surface area contributed by atoms with Crippen LogP contribution in [0, 0.1) is 0 Å². The van der Waals surface area contributed by atoms with Crippen LogP contribution in [0.25, 0.3) is 11.5 Å². The summed E-state index contributed by atoms with van der Waals surface area (Å²) in [5.74, 6) is 0.666. The smallest absolute Gasteiger partial charge is 0.325 e. The van der Waals surface area contributed by atoms with Gasteiger partial charge < -0.3 is 9.84 Å². The molecule has 2 aliphatic rings. The van der Waals surface area contributed by atoms with Crippen molar-refractivity contribution in [3.05, 3.63) is 17.1 Å². The highest BCUT2D eigenvalue weighted by Gasteiger charge is 2.28. The molecule has 0 radical (unpaired) electrons. The van der Waals surface area contributed by atoms with Crippen molar-refractivity contribution in [3.63, 3.8) is 0 Å². The van der Waals surface area contributed by atoms with Gasteiger partial charge in [0.05, 0.1) is 5.69 Å². The first kappa shape index (κ1) is 16.3. The molecule has 0 amide bonds. The molecule has 3 heterocycles. The summed E-state index contributed by atoms with van der Waals surface area (Å²) in [4.78, 5) is 16.1. The van der Waals surface area contributed by atoms with Crippen LogP contribution < -0.4 is 0 Å². The number of ether oxygens (including phenoxy) is 1. The van der Waals surface area contributed by atoms with Gasteiger partial charge in [-0.1, -0.05) is 0 Å². The Labute approximate surface area is 145 Å². The fourth-order valence-electron chi connectivity index (χ4n) is 3.86. The van der Waals surface area contributed by atoms with E-state index in [1.165, 1.54) is 10.2 Å². The molecule has 1 aliphatic heterocycles. The normalized spacial score (nSPS) is 18.3. The molecule has 0 spiro atoms. The molecular weight excluding hydrogens is 322 g/mol. The maximum Gasteiger partial charge on any atom is 0.325 e. The van der Waals surface area contributed by atoms with Gasteiger partial charge in [0.1, 0.15) is 12.2 Å². The molecule has 0 atom stereocenters. The fourth-order valence-corrected chi connectivity index (χ4v) is 3.86. The fraction of sp³-hybridized carbons (Fsp3) is 0.647. The topological polar surface area (TPSA) is 95.1 Å². The second-order valence-electron chi connectivity index (χ2n) is 6.84. The summed E-state index contributed by atoms with van der Waals surface area (Å²) in [5, 5.41) is 18.5. The highest BCUT2D eigenvalue weighted by atomic mass is 16.5. The van der Waals surface area contributed by atoms with E-state index in [1.54, 1.807) is 0 Å². The van der Waals surface area contributed by atoms with E-state index in [1.807, 2.05) is 11.7 Å². The number of carbonyl (C=O) groups is 1. The molecule has 4 rings (SSSR count). The SMILES string of the molecule is Cn1nc2c(c1-c1nc(C3CCOCC3)nn1CC(=O)O)CCCC2. The molecular formula is C17H23N5O3. The summed E-state index contributed by atoms with van der Waals surface area (Å²) in [6, 6.07) is 0. The van der Waals surface area contributed by atoms with Crippen LogP contribution in [0.5, 0.6) is 0 Å². The van der Waals surface area contributed by atoms with E-state index in [9.17, 15) is 9.90 Å². The minimum Gasteiger partial charge on any atom is -0.480 e. The average molecular weight is 345 g/mol. The van der Waals surface area contributed by atoms with Crippen molar-refractivity contribution in [1.82, 2.24) is 24.5 Å². The zero-order valence-corrected chi connectivity index (χ0v) is 14.4. The van der Waals surface area contributed by atoms with Crippen molar-refractivity contribution < 1.29 is 14.6 Å². The van der Waals surface area contributed by atoms with Gasteiger partial charge in [-0.15, -0.1) is 0 Å². The summed E-state index contributed by atoms with van der Waals surface area (Å²) in [6.45, 7) is 1.22. The summed E-state index contributed by atoms with van der Waals surface area (Å²) < 4.78 is 8.78. The van der Waals surface area contributed by atoms with E-state index in [0.29, 0.717) is 19.0 Å². The maximum absolute atomic E-state index is 11.3. The Hall–Kier alpha value is -2.22. The van der Waals surface area contributed by atoms with Gasteiger partial charge in [-0.2, -0.15) is 10.2 Å². The summed E-state index contributed by atoms with van der Waals surface area (Å²) in [5.41, 5.74) is 3.23. The van der Waals surface area contributed by atoms with Crippen molar-refractivity contribution in [2.45, 2.75) is 51.0 Å². The van der Waals surface area contributed by atoms with Gasteiger partial charge in [0.2, 0.25) is 0 Å². The molecule has 8 heteroatoms. The largest absolute Gasteiger partial charge is 0.480 e. The van der Waals surface area contributed by atoms with E-state index >= 15 is 0 Å². The number of fused-ring (bicyclic) bond motifs is 1. The molecule has 0 saturated carbocycles. The predicted octanol–water partition coefficient (Wildman–Crippen LogP) is 1.54. The van der Waals surface area contributed by atoms with Crippen LogP contribution >= 0.6 is 0 Å². The first-order valence-corrected chi connectivity index (χ1v) is 8.93. The lowest BCUT2D eigenvalue weighted by molar-refractivity contribution is -0.137. The second-order valence-corrected chi connectivity index (χ2v) is 6.84. The standard InChI is InChI=1S/C17H23N5O3/c1-21-15(12-4-2-3-5-13(12)19-21)17-18-16(11-6-8-25-9-7-11)20-22(17)10-14(23)24/h11H,2-10H2,1H3,(H,23,24). The van der Waals surface area contributed by atoms with Gasteiger partial charge in [-0.25, -0.2) is 9.67 Å². The second kappa shape index (κ2) is 6.59. The molecule has 25 heavy (non-hydrogen) atoms. The van der Waals surface area contributed by atoms with Crippen LogP contribution in [0.4, 0.5) is 0 Å². The van der Waals surface area contributed by atoms with E-state index in [0.717, 1.165) is 55.7 Å².